The van der Waals surface area contributed by atoms with Crippen LogP contribution < -0.4 is 10.5 Å². The van der Waals surface area contributed by atoms with Gasteiger partial charge in [-0.2, -0.15) is 0 Å². The van der Waals surface area contributed by atoms with Crippen molar-refractivity contribution < 1.29 is 14.6 Å². The minimum Gasteiger partial charge on any atom is -0.441 e. The molecule has 2 aromatic heterocycles. The number of pyridine rings is 1. The lowest BCUT2D eigenvalue weighted by atomic mass is 10.1. The van der Waals surface area contributed by atoms with Crippen LogP contribution in [0.15, 0.2) is 46.6 Å². The van der Waals surface area contributed by atoms with Crippen LogP contribution in [-0.2, 0) is 4.74 Å². The number of carbonyl (C=O) groups is 1. The molecule has 3 aromatic rings. The minimum atomic E-state index is -0.535. The maximum absolute atomic E-state index is 12.4. The number of thiophene rings is 1. The van der Waals surface area contributed by atoms with Gasteiger partial charge in [-0.05, 0) is 35.0 Å². The predicted molar refractivity (Wildman–Crippen MR) is 92.6 cm³/mol. The van der Waals surface area contributed by atoms with Crippen LogP contribution in [-0.4, -0.2) is 35.4 Å². The highest BCUT2D eigenvalue weighted by molar-refractivity contribution is 7.13. The molecule has 0 saturated carbocycles. The quantitative estimate of drug-likeness (QED) is 0.766. The van der Waals surface area contributed by atoms with Gasteiger partial charge in [-0.3, -0.25) is 9.69 Å². The zero-order chi connectivity index (χ0) is 16.7. The van der Waals surface area contributed by atoms with Crippen molar-refractivity contribution in [3.05, 3.63) is 52.1 Å². The Morgan fingerprint density at radius 2 is 2.17 bits per heavy atom. The van der Waals surface area contributed by atoms with Crippen molar-refractivity contribution in [3.8, 4) is 10.6 Å². The molecule has 0 radical (unpaired) electrons. The molecular formula is C17H14N2O4S. The van der Waals surface area contributed by atoms with E-state index in [0.29, 0.717) is 11.1 Å². The Kier molecular flexibility index (Phi) is 3.59. The Morgan fingerprint density at radius 3 is 2.88 bits per heavy atom. The fraction of sp³-hybridized carbons (Fsp3) is 0.176. The molecule has 0 spiro atoms. The highest BCUT2D eigenvalue weighted by atomic mass is 32.1. The van der Waals surface area contributed by atoms with E-state index in [2.05, 4.69) is 4.98 Å². The van der Waals surface area contributed by atoms with Gasteiger partial charge in [-0.25, -0.2) is 4.79 Å². The highest BCUT2D eigenvalue weighted by Gasteiger charge is 2.31. The van der Waals surface area contributed by atoms with Gasteiger partial charge in [0.25, 0.3) is 5.56 Å². The molecule has 1 saturated heterocycles. The lowest BCUT2D eigenvalue weighted by Crippen LogP contribution is -2.25. The third-order valence-corrected chi connectivity index (χ3v) is 4.91. The number of aliphatic hydroxyl groups excluding tert-OH is 1. The summed E-state index contributed by atoms with van der Waals surface area (Å²) in [5, 5.41) is 12.4. The number of cyclic esters (lactones) is 1. The Morgan fingerprint density at radius 1 is 1.29 bits per heavy atom. The van der Waals surface area contributed by atoms with Gasteiger partial charge in [0.1, 0.15) is 6.10 Å². The SMILES string of the molecule is O=C1OC(CO)CN1c1ccc2cc(-c3cccs3)[nH]c(=O)c2c1. The number of carbonyl (C=O) groups excluding carboxylic acids is 1. The van der Waals surface area contributed by atoms with Gasteiger partial charge in [-0.15, -0.1) is 11.3 Å². The van der Waals surface area contributed by atoms with Crippen molar-refractivity contribution >= 4 is 33.9 Å². The molecule has 0 aliphatic carbocycles. The topological polar surface area (TPSA) is 82.6 Å². The van der Waals surface area contributed by atoms with E-state index in [1.165, 1.54) is 4.90 Å². The largest absolute Gasteiger partial charge is 0.441 e. The molecule has 1 unspecified atom stereocenters. The lowest BCUT2D eigenvalue weighted by molar-refractivity contribution is 0.0963. The molecule has 1 atom stereocenters. The molecule has 24 heavy (non-hydrogen) atoms. The monoisotopic (exact) mass is 342 g/mol. The second-order valence-corrected chi connectivity index (χ2v) is 6.51. The summed E-state index contributed by atoms with van der Waals surface area (Å²) in [5.74, 6) is 0. The van der Waals surface area contributed by atoms with Gasteiger partial charge < -0.3 is 14.8 Å². The average Bonchev–Trinajstić information content (AvgIpc) is 3.24. The van der Waals surface area contributed by atoms with Crippen LogP contribution in [0.5, 0.6) is 0 Å². The number of nitrogens with zero attached hydrogens (tertiary/aromatic N) is 1. The predicted octanol–water partition coefficient (Wildman–Crippen LogP) is 2.57. The molecule has 1 amide bonds. The molecule has 7 heteroatoms. The Balaban J connectivity index is 1.77. The van der Waals surface area contributed by atoms with E-state index < -0.39 is 12.2 Å². The molecular weight excluding hydrogens is 328 g/mol. The van der Waals surface area contributed by atoms with E-state index in [1.54, 1.807) is 23.5 Å². The number of H-pyrrole nitrogens is 1. The molecule has 6 nitrogen and oxygen atoms in total. The molecule has 1 fully saturated rings. The number of anilines is 1. The normalized spacial score (nSPS) is 17.5. The summed E-state index contributed by atoms with van der Waals surface area (Å²) in [5.41, 5.74) is 1.15. The molecule has 1 aliphatic rings. The first kappa shape index (κ1) is 14.9. The molecule has 122 valence electrons. The summed E-state index contributed by atoms with van der Waals surface area (Å²) in [4.78, 5) is 29.6. The number of hydrogen-bond donors (Lipinski definition) is 2. The van der Waals surface area contributed by atoms with E-state index in [-0.39, 0.29) is 18.7 Å². The zero-order valence-corrected chi connectivity index (χ0v) is 13.4. The number of aromatic nitrogens is 1. The number of amides is 1. The fourth-order valence-electron chi connectivity index (χ4n) is 2.81. The summed E-state index contributed by atoms with van der Waals surface area (Å²) in [6.45, 7) is 0.0482. The fourth-order valence-corrected chi connectivity index (χ4v) is 3.51. The zero-order valence-electron chi connectivity index (χ0n) is 12.6. The lowest BCUT2D eigenvalue weighted by Gasteiger charge is -2.13. The number of nitrogens with one attached hydrogen (secondary N) is 1. The first-order chi connectivity index (χ1) is 11.7. The first-order valence-electron chi connectivity index (χ1n) is 7.45. The van der Waals surface area contributed by atoms with E-state index in [9.17, 15) is 9.59 Å². The number of ether oxygens (including phenoxy) is 1. The molecule has 4 rings (SSSR count). The van der Waals surface area contributed by atoms with E-state index in [1.807, 2.05) is 29.6 Å². The number of fused-ring (bicyclic) bond motifs is 1. The number of hydrogen-bond acceptors (Lipinski definition) is 5. The van der Waals surface area contributed by atoms with E-state index >= 15 is 0 Å². The number of rotatable bonds is 3. The van der Waals surface area contributed by atoms with Gasteiger partial charge in [-0.1, -0.05) is 12.1 Å². The van der Waals surface area contributed by atoms with E-state index in [4.69, 9.17) is 9.84 Å². The summed E-state index contributed by atoms with van der Waals surface area (Å²) < 4.78 is 5.04. The van der Waals surface area contributed by atoms with Crippen molar-refractivity contribution in [2.75, 3.05) is 18.1 Å². The first-order valence-corrected chi connectivity index (χ1v) is 8.33. The number of aromatic amines is 1. The van der Waals surface area contributed by atoms with Gasteiger partial charge >= 0.3 is 6.09 Å². The van der Waals surface area contributed by atoms with Crippen LogP contribution in [0, 0.1) is 0 Å². The maximum atomic E-state index is 12.4. The second-order valence-electron chi connectivity index (χ2n) is 5.56. The van der Waals surface area contributed by atoms with Crippen LogP contribution in [0.25, 0.3) is 21.3 Å². The second kappa shape index (κ2) is 5.77. The summed E-state index contributed by atoms with van der Waals surface area (Å²) >= 11 is 1.56. The van der Waals surface area contributed by atoms with Crippen LogP contribution in [0.2, 0.25) is 0 Å². The molecule has 0 bridgehead atoms. The summed E-state index contributed by atoms with van der Waals surface area (Å²) in [7, 11) is 0. The van der Waals surface area contributed by atoms with Gasteiger partial charge in [0, 0.05) is 11.1 Å². The van der Waals surface area contributed by atoms with Crippen molar-refractivity contribution in [2.45, 2.75) is 6.10 Å². The van der Waals surface area contributed by atoms with Crippen molar-refractivity contribution in [2.24, 2.45) is 0 Å². The van der Waals surface area contributed by atoms with Crippen LogP contribution in [0.3, 0.4) is 0 Å². The van der Waals surface area contributed by atoms with Crippen molar-refractivity contribution in [3.63, 3.8) is 0 Å². The van der Waals surface area contributed by atoms with Crippen molar-refractivity contribution in [1.29, 1.82) is 0 Å². The molecule has 1 aliphatic heterocycles. The Hall–Kier alpha value is -2.64. The summed E-state index contributed by atoms with van der Waals surface area (Å²) in [6, 6.07) is 11.1. The average molecular weight is 342 g/mol. The Bertz CT molecular complexity index is 964. The smallest absolute Gasteiger partial charge is 0.414 e. The maximum Gasteiger partial charge on any atom is 0.414 e. The number of benzene rings is 1. The summed E-state index contributed by atoms with van der Waals surface area (Å²) in [6.07, 6.45) is -1.05. The van der Waals surface area contributed by atoms with Gasteiger partial charge in [0.2, 0.25) is 0 Å². The van der Waals surface area contributed by atoms with Crippen LogP contribution in [0.1, 0.15) is 0 Å². The van der Waals surface area contributed by atoms with E-state index in [0.717, 1.165) is 16.0 Å². The number of aliphatic hydroxyl groups is 1. The third-order valence-electron chi connectivity index (χ3n) is 4.01. The minimum absolute atomic E-state index is 0.205. The standard InChI is InChI=1S/C17H14N2O4S/c20-9-12-8-19(17(22)23-12)11-4-3-10-6-14(15-2-1-5-24-15)18-16(21)13(10)7-11/h1-7,12,20H,8-9H2,(H,18,21). The van der Waals surface area contributed by atoms with Crippen LogP contribution >= 0.6 is 11.3 Å². The molecule has 2 N–H and O–H groups in total. The van der Waals surface area contributed by atoms with Gasteiger partial charge in [0.15, 0.2) is 0 Å². The van der Waals surface area contributed by atoms with Gasteiger partial charge in [0.05, 0.1) is 23.7 Å². The van der Waals surface area contributed by atoms with Crippen LogP contribution in [0.4, 0.5) is 10.5 Å². The third kappa shape index (κ3) is 2.47. The highest BCUT2D eigenvalue weighted by Crippen LogP contribution is 2.28. The van der Waals surface area contributed by atoms with Crippen molar-refractivity contribution in [1.82, 2.24) is 4.98 Å². The molecule has 1 aromatic carbocycles. The molecule has 3 heterocycles. The Labute approximate surface area is 140 Å².